The highest BCUT2D eigenvalue weighted by atomic mass is 16.6. The van der Waals surface area contributed by atoms with Gasteiger partial charge in [-0.2, -0.15) is 5.10 Å². The molecule has 1 aromatic heterocycles. The maximum atomic E-state index is 12.9. The highest BCUT2D eigenvalue weighted by Crippen LogP contribution is 2.26. The van der Waals surface area contributed by atoms with E-state index < -0.39 is 11.7 Å². The quantitative estimate of drug-likeness (QED) is 0.856. The van der Waals surface area contributed by atoms with E-state index in [4.69, 9.17) is 4.74 Å². The SMILES string of the molecule is CC(C)(C)OC(=O)NC1CCCN(C(=O)C2CCc3[nH]ncc3C2)C1. The first-order valence-electron chi connectivity index (χ1n) is 9.11. The molecule has 0 bridgehead atoms. The number of nitrogens with zero attached hydrogens (tertiary/aromatic N) is 2. The number of aryl methyl sites for hydroxylation is 1. The van der Waals surface area contributed by atoms with E-state index in [2.05, 4.69) is 15.5 Å². The normalized spacial score (nSPS) is 23.7. The van der Waals surface area contributed by atoms with Crippen LogP contribution in [0.5, 0.6) is 0 Å². The molecule has 2 aliphatic rings. The second kappa shape index (κ2) is 7.06. The standard InChI is InChI=1S/C18H28N4O3/c1-18(2,3)25-17(24)20-14-5-4-8-22(11-14)16(23)12-6-7-15-13(9-12)10-19-21-15/h10,12,14H,4-9,11H2,1-3H3,(H,19,21)(H,20,24). The molecule has 2 atom stereocenters. The van der Waals surface area contributed by atoms with Crippen LogP contribution in [-0.4, -0.2) is 51.8 Å². The first-order valence-corrected chi connectivity index (χ1v) is 9.11. The van der Waals surface area contributed by atoms with Gasteiger partial charge in [-0.3, -0.25) is 9.89 Å². The van der Waals surface area contributed by atoms with Gasteiger partial charge in [0.2, 0.25) is 5.91 Å². The van der Waals surface area contributed by atoms with Crippen molar-refractivity contribution in [1.82, 2.24) is 20.4 Å². The van der Waals surface area contributed by atoms with Crippen LogP contribution in [0.25, 0.3) is 0 Å². The van der Waals surface area contributed by atoms with E-state index in [9.17, 15) is 9.59 Å². The average Bonchev–Trinajstić information content (AvgIpc) is 3.00. The molecule has 25 heavy (non-hydrogen) atoms. The Labute approximate surface area is 148 Å². The second-order valence-electron chi connectivity index (χ2n) is 8.08. The highest BCUT2D eigenvalue weighted by molar-refractivity contribution is 5.79. The summed E-state index contributed by atoms with van der Waals surface area (Å²) in [6.07, 6.45) is 5.68. The zero-order chi connectivity index (χ0) is 18.0. The van der Waals surface area contributed by atoms with E-state index in [1.165, 1.54) is 0 Å². The van der Waals surface area contributed by atoms with Crippen molar-refractivity contribution in [3.63, 3.8) is 0 Å². The smallest absolute Gasteiger partial charge is 0.407 e. The van der Waals surface area contributed by atoms with E-state index in [1.807, 2.05) is 31.9 Å². The van der Waals surface area contributed by atoms with Crippen molar-refractivity contribution in [1.29, 1.82) is 0 Å². The third kappa shape index (κ3) is 4.52. The van der Waals surface area contributed by atoms with Gasteiger partial charge in [0.25, 0.3) is 0 Å². The number of ether oxygens (including phenoxy) is 1. The highest BCUT2D eigenvalue weighted by Gasteiger charge is 2.32. The summed E-state index contributed by atoms with van der Waals surface area (Å²) in [5, 5.41) is 9.98. The predicted molar refractivity (Wildman–Crippen MR) is 93.1 cm³/mol. The number of amides is 2. The molecule has 3 rings (SSSR count). The molecule has 0 aromatic carbocycles. The van der Waals surface area contributed by atoms with E-state index >= 15 is 0 Å². The Kier molecular flexibility index (Phi) is 5.01. The summed E-state index contributed by atoms with van der Waals surface area (Å²) >= 11 is 0. The van der Waals surface area contributed by atoms with Gasteiger partial charge in [-0.25, -0.2) is 4.79 Å². The van der Waals surface area contributed by atoms with Gasteiger partial charge in [0.1, 0.15) is 5.60 Å². The van der Waals surface area contributed by atoms with Crippen LogP contribution < -0.4 is 5.32 Å². The average molecular weight is 348 g/mol. The molecule has 138 valence electrons. The molecule has 1 aliphatic heterocycles. The number of fused-ring (bicyclic) bond motifs is 1. The van der Waals surface area contributed by atoms with Gasteiger partial charge >= 0.3 is 6.09 Å². The van der Waals surface area contributed by atoms with Crippen LogP contribution >= 0.6 is 0 Å². The molecule has 1 saturated heterocycles. The number of piperidine rings is 1. The van der Waals surface area contributed by atoms with Gasteiger partial charge in [-0.1, -0.05) is 0 Å². The molecule has 1 aliphatic carbocycles. The fourth-order valence-corrected chi connectivity index (χ4v) is 3.65. The summed E-state index contributed by atoms with van der Waals surface area (Å²) in [6, 6.07) is -0.0411. The van der Waals surface area contributed by atoms with Crippen molar-refractivity contribution in [3.05, 3.63) is 17.5 Å². The molecule has 0 radical (unpaired) electrons. The van der Waals surface area contributed by atoms with Crippen molar-refractivity contribution >= 4 is 12.0 Å². The number of hydrogen-bond acceptors (Lipinski definition) is 4. The summed E-state index contributed by atoms with van der Waals surface area (Å²) in [4.78, 5) is 26.8. The monoisotopic (exact) mass is 348 g/mol. The fraction of sp³-hybridized carbons (Fsp3) is 0.722. The lowest BCUT2D eigenvalue weighted by Gasteiger charge is -2.36. The Bertz CT molecular complexity index is 635. The number of rotatable bonds is 2. The van der Waals surface area contributed by atoms with Gasteiger partial charge in [0.05, 0.1) is 6.20 Å². The van der Waals surface area contributed by atoms with Crippen LogP contribution in [0.3, 0.4) is 0 Å². The van der Waals surface area contributed by atoms with Gasteiger partial charge in [-0.05, 0) is 58.4 Å². The van der Waals surface area contributed by atoms with Crippen LogP contribution in [-0.2, 0) is 22.4 Å². The second-order valence-corrected chi connectivity index (χ2v) is 8.08. The van der Waals surface area contributed by atoms with E-state index in [0.717, 1.165) is 49.9 Å². The zero-order valence-electron chi connectivity index (χ0n) is 15.3. The summed E-state index contributed by atoms with van der Waals surface area (Å²) in [5.41, 5.74) is 1.80. The van der Waals surface area contributed by atoms with E-state index in [0.29, 0.717) is 6.54 Å². The molecular formula is C18H28N4O3. The van der Waals surface area contributed by atoms with Gasteiger partial charge in [-0.15, -0.1) is 0 Å². The third-order valence-corrected chi connectivity index (χ3v) is 4.82. The molecule has 2 heterocycles. The first kappa shape index (κ1) is 17.8. The Morgan fingerprint density at radius 1 is 1.36 bits per heavy atom. The van der Waals surface area contributed by atoms with Gasteiger partial charge in [0.15, 0.2) is 0 Å². The largest absolute Gasteiger partial charge is 0.444 e. The predicted octanol–water partition coefficient (Wildman–Crippen LogP) is 2.03. The van der Waals surface area contributed by atoms with Crippen LogP contribution in [0, 0.1) is 5.92 Å². The van der Waals surface area contributed by atoms with Crippen LogP contribution in [0.4, 0.5) is 4.79 Å². The van der Waals surface area contributed by atoms with Crippen molar-refractivity contribution in [2.24, 2.45) is 5.92 Å². The number of hydrogen-bond donors (Lipinski definition) is 2. The van der Waals surface area contributed by atoms with Crippen molar-refractivity contribution < 1.29 is 14.3 Å². The third-order valence-electron chi connectivity index (χ3n) is 4.82. The first-order chi connectivity index (χ1) is 11.8. The van der Waals surface area contributed by atoms with Crippen molar-refractivity contribution in [2.45, 2.75) is 64.5 Å². The topological polar surface area (TPSA) is 87.3 Å². The minimum absolute atomic E-state index is 0.0189. The minimum Gasteiger partial charge on any atom is -0.444 e. The summed E-state index contributed by atoms with van der Waals surface area (Å²) < 4.78 is 5.32. The maximum absolute atomic E-state index is 12.9. The summed E-state index contributed by atoms with van der Waals surface area (Å²) in [7, 11) is 0. The molecule has 2 amide bonds. The number of carbonyl (C=O) groups is 2. The number of alkyl carbamates (subject to hydrolysis) is 1. The molecule has 2 unspecified atom stereocenters. The Balaban J connectivity index is 1.54. The Hall–Kier alpha value is -2.05. The molecule has 2 N–H and O–H groups in total. The molecule has 7 heteroatoms. The number of H-pyrrole nitrogens is 1. The summed E-state index contributed by atoms with van der Waals surface area (Å²) in [6.45, 7) is 6.86. The molecule has 1 aromatic rings. The van der Waals surface area contributed by atoms with Crippen molar-refractivity contribution in [2.75, 3.05) is 13.1 Å². The molecular weight excluding hydrogens is 320 g/mol. The molecule has 0 spiro atoms. The summed E-state index contributed by atoms with van der Waals surface area (Å²) in [5.74, 6) is 0.216. The van der Waals surface area contributed by atoms with Crippen LogP contribution in [0.1, 0.15) is 51.3 Å². The number of likely N-dealkylation sites (tertiary alicyclic amines) is 1. The number of carbonyl (C=O) groups excluding carboxylic acids is 2. The van der Waals surface area contributed by atoms with Crippen LogP contribution in [0.15, 0.2) is 6.20 Å². The molecule has 7 nitrogen and oxygen atoms in total. The van der Waals surface area contributed by atoms with Gasteiger partial charge in [0, 0.05) is 30.7 Å². The van der Waals surface area contributed by atoms with Crippen LogP contribution in [0.2, 0.25) is 0 Å². The zero-order valence-corrected chi connectivity index (χ0v) is 15.3. The Morgan fingerprint density at radius 3 is 2.92 bits per heavy atom. The van der Waals surface area contributed by atoms with E-state index in [-0.39, 0.29) is 17.9 Å². The molecule has 0 saturated carbocycles. The number of aromatic nitrogens is 2. The van der Waals surface area contributed by atoms with Gasteiger partial charge < -0.3 is 15.0 Å². The lowest BCUT2D eigenvalue weighted by Crippen LogP contribution is -2.52. The fourth-order valence-electron chi connectivity index (χ4n) is 3.65. The maximum Gasteiger partial charge on any atom is 0.407 e. The van der Waals surface area contributed by atoms with E-state index in [1.54, 1.807) is 0 Å². The number of nitrogens with one attached hydrogen (secondary N) is 2. The van der Waals surface area contributed by atoms with Crippen molar-refractivity contribution in [3.8, 4) is 0 Å². The lowest BCUT2D eigenvalue weighted by molar-refractivity contribution is -0.137. The Morgan fingerprint density at radius 2 is 2.16 bits per heavy atom. The minimum atomic E-state index is -0.515. The lowest BCUT2D eigenvalue weighted by atomic mass is 9.86. The molecule has 1 fully saturated rings. The number of aromatic amines is 1.